The minimum absolute atomic E-state index is 0.205. The number of pyridine rings is 1. The smallest absolute Gasteiger partial charge is 0.262 e. The molecule has 0 saturated heterocycles. The predicted octanol–water partition coefficient (Wildman–Crippen LogP) is 2.16. The van der Waals surface area contributed by atoms with Gasteiger partial charge in [-0.05, 0) is 6.07 Å². The highest BCUT2D eigenvalue weighted by molar-refractivity contribution is 5.46. The maximum absolute atomic E-state index is 12.4. The van der Waals surface area contributed by atoms with E-state index in [1.807, 2.05) is 6.07 Å². The summed E-state index contributed by atoms with van der Waals surface area (Å²) >= 11 is 0. The molecule has 0 atom stereocenters. The van der Waals surface area contributed by atoms with Crippen molar-refractivity contribution in [2.45, 2.75) is 6.18 Å². The van der Waals surface area contributed by atoms with Crippen LogP contribution in [0.3, 0.4) is 0 Å². The highest BCUT2D eigenvalue weighted by Crippen LogP contribution is 2.29. The van der Waals surface area contributed by atoms with E-state index in [1.165, 1.54) is 18.5 Å². The fourth-order valence-electron chi connectivity index (χ4n) is 1.26. The molecule has 2 heterocycles. The van der Waals surface area contributed by atoms with E-state index in [4.69, 9.17) is 5.26 Å². The van der Waals surface area contributed by atoms with Gasteiger partial charge >= 0.3 is 6.18 Å². The average molecular weight is 238 g/mol. The van der Waals surface area contributed by atoms with Gasteiger partial charge in [-0.1, -0.05) is 0 Å². The van der Waals surface area contributed by atoms with Gasteiger partial charge in [0.25, 0.3) is 0 Å². The van der Waals surface area contributed by atoms with Crippen LogP contribution in [0.4, 0.5) is 13.2 Å². The number of alkyl halides is 3. The van der Waals surface area contributed by atoms with Gasteiger partial charge in [0.2, 0.25) is 0 Å². The molecule has 0 saturated carbocycles. The predicted molar refractivity (Wildman–Crippen MR) is 51.1 cm³/mol. The molecule has 2 aromatic heterocycles. The molecule has 0 aliphatic heterocycles. The van der Waals surface area contributed by atoms with E-state index in [0.29, 0.717) is 6.20 Å². The zero-order valence-corrected chi connectivity index (χ0v) is 8.31. The number of halogens is 3. The van der Waals surface area contributed by atoms with Gasteiger partial charge in [0.15, 0.2) is 0 Å². The second-order valence-electron chi connectivity index (χ2n) is 3.18. The van der Waals surface area contributed by atoms with E-state index in [1.54, 1.807) is 0 Å². The third kappa shape index (κ3) is 2.10. The number of hydrogen-bond donors (Lipinski definition) is 0. The van der Waals surface area contributed by atoms with Crippen LogP contribution in [0.5, 0.6) is 0 Å². The minimum Gasteiger partial charge on any atom is -0.262 e. The molecule has 0 fully saturated rings. The topological polar surface area (TPSA) is 54.5 Å². The fourth-order valence-corrected chi connectivity index (χ4v) is 1.26. The van der Waals surface area contributed by atoms with Crippen molar-refractivity contribution in [3.05, 3.63) is 42.0 Å². The van der Waals surface area contributed by atoms with Gasteiger partial charge in [-0.3, -0.25) is 4.98 Å². The summed E-state index contributed by atoms with van der Waals surface area (Å²) in [5, 5.41) is 12.4. The van der Waals surface area contributed by atoms with Crippen LogP contribution in [0.2, 0.25) is 0 Å². The number of nitrogens with zero attached hydrogens (tertiary/aromatic N) is 4. The van der Waals surface area contributed by atoms with Crippen LogP contribution < -0.4 is 0 Å². The van der Waals surface area contributed by atoms with E-state index in [0.717, 1.165) is 10.9 Å². The Morgan fingerprint density at radius 3 is 2.65 bits per heavy atom. The second kappa shape index (κ2) is 3.90. The third-order valence-corrected chi connectivity index (χ3v) is 2.08. The van der Waals surface area contributed by atoms with Crippen LogP contribution in [0.25, 0.3) is 5.69 Å². The van der Waals surface area contributed by atoms with Crippen molar-refractivity contribution in [1.82, 2.24) is 14.8 Å². The van der Waals surface area contributed by atoms with E-state index in [2.05, 4.69) is 10.1 Å². The zero-order valence-electron chi connectivity index (χ0n) is 8.31. The van der Waals surface area contributed by atoms with Crippen molar-refractivity contribution in [3.8, 4) is 11.8 Å². The summed E-state index contributed by atoms with van der Waals surface area (Å²) in [5.74, 6) is 0. The molecule has 4 nitrogen and oxygen atoms in total. The van der Waals surface area contributed by atoms with Crippen molar-refractivity contribution >= 4 is 0 Å². The number of hydrogen-bond acceptors (Lipinski definition) is 3. The SMILES string of the molecule is N#Cc1ccncc1-n1cc(C(F)(F)F)cn1. The zero-order chi connectivity index (χ0) is 12.5. The van der Waals surface area contributed by atoms with Gasteiger partial charge in [0.05, 0.1) is 23.5 Å². The highest BCUT2D eigenvalue weighted by Gasteiger charge is 2.32. The molecule has 0 amide bonds. The van der Waals surface area contributed by atoms with Crippen molar-refractivity contribution in [3.63, 3.8) is 0 Å². The molecule has 17 heavy (non-hydrogen) atoms. The Labute approximate surface area is 93.9 Å². The Kier molecular flexibility index (Phi) is 2.55. The van der Waals surface area contributed by atoms with E-state index < -0.39 is 11.7 Å². The Balaban J connectivity index is 2.49. The maximum atomic E-state index is 12.4. The normalized spacial score (nSPS) is 11.2. The van der Waals surface area contributed by atoms with Gasteiger partial charge in [-0.15, -0.1) is 0 Å². The first-order chi connectivity index (χ1) is 8.02. The minimum atomic E-state index is -4.45. The standard InChI is InChI=1S/C10H5F3N4/c11-10(12,13)8-4-16-17(6-8)9-5-15-2-1-7(9)3-14/h1-2,4-6H. The van der Waals surface area contributed by atoms with Gasteiger partial charge < -0.3 is 0 Å². The lowest BCUT2D eigenvalue weighted by atomic mass is 10.2. The molecule has 0 bridgehead atoms. The van der Waals surface area contributed by atoms with Crippen molar-refractivity contribution in [2.24, 2.45) is 0 Å². The van der Waals surface area contributed by atoms with Crippen molar-refractivity contribution in [2.75, 3.05) is 0 Å². The van der Waals surface area contributed by atoms with E-state index in [-0.39, 0.29) is 11.3 Å². The Hall–Kier alpha value is -2.36. The number of rotatable bonds is 1. The third-order valence-electron chi connectivity index (χ3n) is 2.08. The molecule has 0 aliphatic rings. The molecule has 86 valence electrons. The van der Waals surface area contributed by atoms with E-state index in [9.17, 15) is 13.2 Å². The summed E-state index contributed by atoms with van der Waals surface area (Å²) < 4.78 is 38.1. The summed E-state index contributed by atoms with van der Waals surface area (Å²) in [4.78, 5) is 3.75. The van der Waals surface area contributed by atoms with Crippen LogP contribution in [0, 0.1) is 11.3 Å². The van der Waals surface area contributed by atoms with Gasteiger partial charge in [0.1, 0.15) is 11.8 Å². The largest absolute Gasteiger partial charge is 0.419 e. The quantitative estimate of drug-likeness (QED) is 0.764. The first kappa shape index (κ1) is 11.1. The van der Waals surface area contributed by atoms with Crippen molar-refractivity contribution < 1.29 is 13.2 Å². The van der Waals surface area contributed by atoms with Crippen LogP contribution in [-0.4, -0.2) is 14.8 Å². The Morgan fingerprint density at radius 1 is 1.29 bits per heavy atom. The monoisotopic (exact) mass is 238 g/mol. The average Bonchev–Trinajstić information content (AvgIpc) is 2.77. The molecule has 2 rings (SSSR count). The van der Waals surface area contributed by atoms with Crippen LogP contribution in [0.1, 0.15) is 11.1 Å². The molecule has 0 radical (unpaired) electrons. The van der Waals surface area contributed by atoms with Crippen LogP contribution in [0.15, 0.2) is 30.9 Å². The molecule has 0 aromatic carbocycles. The number of nitriles is 1. The van der Waals surface area contributed by atoms with Crippen LogP contribution >= 0.6 is 0 Å². The lowest BCUT2D eigenvalue weighted by Gasteiger charge is -2.03. The molecular weight excluding hydrogens is 233 g/mol. The summed E-state index contributed by atoms with van der Waals surface area (Å²) in [6, 6.07) is 3.27. The van der Waals surface area contributed by atoms with Gasteiger partial charge in [0, 0.05) is 12.4 Å². The van der Waals surface area contributed by atoms with Gasteiger partial charge in [-0.25, -0.2) is 4.68 Å². The maximum Gasteiger partial charge on any atom is 0.419 e. The van der Waals surface area contributed by atoms with Crippen molar-refractivity contribution in [1.29, 1.82) is 5.26 Å². The summed E-state index contributed by atoms with van der Waals surface area (Å²) in [7, 11) is 0. The molecule has 2 aromatic rings. The molecule has 0 aliphatic carbocycles. The summed E-state index contributed by atoms with van der Waals surface area (Å²) in [5.41, 5.74) is -0.451. The molecular formula is C10H5F3N4. The Morgan fingerprint density at radius 2 is 2.06 bits per heavy atom. The second-order valence-corrected chi connectivity index (χ2v) is 3.18. The van der Waals surface area contributed by atoms with Gasteiger partial charge in [-0.2, -0.15) is 23.5 Å². The van der Waals surface area contributed by atoms with Crippen LogP contribution in [-0.2, 0) is 6.18 Å². The number of aromatic nitrogens is 3. The summed E-state index contributed by atoms with van der Waals surface area (Å²) in [6.07, 6.45) is -0.263. The lowest BCUT2D eigenvalue weighted by Crippen LogP contribution is -2.03. The molecule has 0 N–H and O–H groups in total. The molecule has 0 unspecified atom stereocenters. The fraction of sp³-hybridized carbons (Fsp3) is 0.100. The summed E-state index contributed by atoms with van der Waals surface area (Å²) in [6.45, 7) is 0. The Bertz CT molecular complexity index is 580. The first-order valence-electron chi connectivity index (χ1n) is 4.48. The first-order valence-corrected chi connectivity index (χ1v) is 4.48. The molecule has 7 heteroatoms. The highest BCUT2D eigenvalue weighted by atomic mass is 19.4. The van der Waals surface area contributed by atoms with E-state index >= 15 is 0 Å². The molecule has 0 spiro atoms. The lowest BCUT2D eigenvalue weighted by molar-refractivity contribution is -0.137.